The summed E-state index contributed by atoms with van der Waals surface area (Å²) in [6.07, 6.45) is 4.33. The van der Waals surface area contributed by atoms with Crippen LogP contribution in [0.25, 0.3) is 0 Å². The van der Waals surface area contributed by atoms with Crippen molar-refractivity contribution in [3.8, 4) is 0 Å². The highest BCUT2D eigenvalue weighted by molar-refractivity contribution is 5.83. The summed E-state index contributed by atoms with van der Waals surface area (Å²) in [5.74, 6) is 0. The van der Waals surface area contributed by atoms with E-state index in [2.05, 4.69) is 11.9 Å². The molecule has 1 rings (SSSR count). The first-order valence-corrected chi connectivity index (χ1v) is 3.97. The Balaban J connectivity index is 2.18. The maximum atomic E-state index is 8.54. The van der Waals surface area contributed by atoms with Gasteiger partial charge in [-0.05, 0) is 32.6 Å². The van der Waals surface area contributed by atoms with Gasteiger partial charge in [-0.1, -0.05) is 0 Å². The highest BCUT2D eigenvalue weighted by Gasteiger charge is 2.12. The fourth-order valence-corrected chi connectivity index (χ4v) is 1.35. The van der Waals surface area contributed by atoms with Crippen LogP contribution in [-0.4, -0.2) is 23.5 Å². The lowest BCUT2D eigenvalue weighted by atomic mass is 10.1. The minimum atomic E-state index is 0.311. The van der Waals surface area contributed by atoms with Crippen LogP contribution in [-0.2, 0) is 0 Å². The maximum absolute atomic E-state index is 8.54. The van der Waals surface area contributed by atoms with Crippen LogP contribution >= 0.6 is 0 Å². The summed E-state index contributed by atoms with van der Waals surface area (Å²) in [4.78, 5) is 4.43. The van der Waals surface area contributed by atoms with Gasteiger partial charge in [0.25, 0.3) is 0 Å². The molecule has 2 heteroatoms. The van der Waals surface area contributed by atoms with E-state index in [1.807, 2.05) is 0 Å². The molecule has 1 aliphatic heterocycles. The number of aliphatic hydroxyl groups excluding tert-OH is 1. The Morgan fingerprint density at radius 3 is 3.00 bits per heavy atom. The van der Waals surface area contributed by atoms with Crippen molar-refractivity contribution >= 4 is 5.71 Å². The predicted molar refractivity (Wildman–Crippen MR) is 42.5 cm³/mol. The quantitative estimate of drug-likeness (QED) is 0.632. The number of aliphatic imine (C=N–C) groups is 1. The van der Waals surface area contributed by atoms with Crippen molar-refractivity contribution in [3.63, 3.8) is 0 Å². The van der Waals surface area contributed by atoms with Gasteiger partial charge in [0.1, 0.15) is 0 Å². The Morgan fingerprint density at radius 2 is 2.50 bits per heavy atom. The average molecular weight is 141 g/mol. The van der Waals surface area contributed by atoms with Gasteiger partial charge >= 0.3 is 0 Å². The third-order valence-electron chi connectivity index (χ3n) is 1.94. The van der Waals surface area contributed by atoms with Gasteiger partial charge in [0.2, 0.25) is 0 Å². The highest BCUT2D eigenvalue weighted by Crippen LogP contribution is 2.16. The molecule has 0 spiro atoms. The highest BCUT2D eigenvalue weighted by atomic mass is 16.2. The monoisotopic (exact) mass is 141 g/mol. The molecule has 0 aromatic heterocycles. The lowest BCUT2D eigenvalue weighted by Gasteiger charge is -2.02. The molecule has 1 unspecified atom stereocenters. The lowest BCUT2D eigenvalue weighted by Crippen LogP contribution is -1.99. The molecule has 10 heavy (non-hydrogen) atoms. The molecular weight excluding hydrogens is 126 g/mol. The largest absolute Gasteiger partial charge is 0.396 e. The molecule has 1 heterocycles. The zero-order valence-electron chi connectivity index (χ0n) is 6.51. The third kappa shape index (κ3) is 2.10. The Labute approximate surface area is 62.0 Å². The summed E-state index contributed by atoms with van der Waals surface area (Å²) in [7, 11) is 0. The number of hydrogen-bond acceptors (Lipinski definition) is 2. The molecule has 0 fully saturated rings. The first kappa shape index (κ1) is 7.73. The van der Waals surface area contributed by atoms with E-state index in [0.717, 1.165) is 19.3 Å². The van der Waals surface area contributed by atoms with Gasteiger partial charge in [0, 0.05) is 12.3 Å². The second kappa shape index (κ2) is 3.71. The second-order valence-electron chi connectivity index (χ2n) is 2.92. The van der Waals surface area contributed by atoms with Gasteiger partial charge < -0.3 is 5.11 Å². The van der Waals surface area contributed by atoms with Crippen LogP contribution in [0, 0.1) is 0 Å². The fraction of sp³-hybridized carbons (Fsp3) is 0.875. The molecule has 0 saturated heterocycles. The summed E-state index contributed by atoms with van der Waals surface area (Å²) >= 11 is 0. The maximum Gasteiger partial charge on any atom is 0.0503 e. The zero-order chi connectivity index (χ0) is 7.40. The lowest BCUT2D eigenvalue weighted by molar-refractivity contribution is 0.279. The van der Waals surface area contributed by atoms with E-state index in [1.54, 1.807) is 0 Å². The summed E-state index contributed by atoms with van der Waals surface area (Å²) < 4.78 is 0. The van der Waals surface area contributed by atoms with E-state index >= 15 is 0 Å². The van der Waals surface area contributed by atoms with Gasteiger partial charge in [0.15, 0.2) is 0 Å². The van der Waals surface area contributed by atoms with Crippen LogP contribution in [0.4, 0.5) is 0 Å². The van der Waals surface area contributed by atoms with Gasteiger partial charge in [-0.15, -0.1) is 0 Å². The third-order valence-corrected chi connectivity index (χ3v) is 1.94. The van der Waals surface area contributed by atoms with Gasteiger partial charge in [-0.2, -0.15) is 0 Å². The zero-order valence-corrected chi connectivity index (χ0v) is 6.51. The van der Waals surface area contributed by atoms with E-state index in [9.17, 15) is 0 Å². The van der Waals surface area contributed by atoms with Gasteiger partial charge in [-0.25, -0.2) is 0 Å². The summed E-state index contributed by atoms with van der Waals surface area (Å²) in [6.45, 7) is 2.39. The van der Waals surface area contributed by atoms with E-state index < -0.39 is 0 Å². The van der Waals surface area contributed by atoms with Crippen molar-refractivity contribution < 1.29 is 5.11 Å². The Bertz CT molecular complexity index is 131. The molecule has 0 aromatic carbocycles. The van der Waals surface area contributed by atoms with Crippen molar-refractivity contribution in [2.45, 2.75) is 38.6 Å². The van der Waals surface area contributed by atoms with E-state index in [1.165, 1.54) is 12.1 Å². The van der Waals surface area contributed by atoms with E-state index in [0.29, 0.717) is 12.6 Å². The Morgan fingerprint density at radius 1 is 1.70 bits per heavy atom. The van der Waals surface area contributed by atoms with Crippen molar-refractivity contribution in [1.82, 2.24) is 0 Å². The molecule has 1 atom stereocenters. The molecule has 2 nitrogen and oxygen atoms in total. The molecule has 0 aliphatic carbocycles. The first-order valence-electron chi connectivity index (χ1n) is 3.97. The summed E-state index contributed by atoms with van der Waals surface area (Å²) in [5, 5.41) is 8.54. The van der Waals surface area contributed by atoms with E-state index in [4.69, 9.17) is 5.11 Å². The van der Waals surface area contributed by atoms with Crippen molar-refractivity contribution in [1.29, 1.82) is 0 Å². The van der Waals surface area contributed by atoms with Crippen LogP contribution in [0.2, 0.25) is 0 Å². The molecule has 0 radical (unpaired) electrons. The topological polar surface area (TPSA) is 32.6 Å². The Kier molecular flexibility index (Phi) is 2.87. The van der Waals surface area contributed by atoms with Crippen LogP contribution in [0.5, 0.6) is 0 Å². The molecule has 0 saturated carbocycles. The number of nitrogens with zero attached hydrogens (tertiary/aromatic N) is 1. The van der Waals surface area contributed by atoms with Crippen LogP contribution in [0.3, 0.4) is 0 Å². The predicted octanol–water partition coefficient (Wildman–Crippen LogP) is 1.38. The fourth-order valence-electron chi connectivity index (χ4n) is 1.35. The van der Waals surface area contributed by atoms with Crippen LogP contribution < -0.4 is 0 Å². The van der Waals surface area contributed by atoms with Crippen LogP contribution in [0.15, 0.2) is 4.99 Å². The van der Waals surface area contributed by atoms with Crippen molar-refractivity contribution in [2.24, 2.45) is 4.99 Å². The summed E-state index contributed by atoms with van der Waals surface area (Å²) in [6, 6.07) is 0.521. The minimum Gasteiger partial charge on any atom is -0.396 e. The molecule has 0 amide bonds. The Hall–Kier alpha value is -0.370. The number of hydrogen-bond donors (Lipinski definition) is 1. The molecule has 1 aliphatic rings. The normalized spacial score (nSPS) is 25.0. The molecule has 58 valence electrons. The standard InChI is InChI=1S/C8H15NO/c1-7-4-5-8(9-7)3-2-6-10/h8,10H,2-6H2,1H3. The minimum absolute atomic E-state index is 0.311. The average Bonchev–Trinajstić information content (AvgIpc) is 2.31. The van der Waals surface area contributed by atoms with Crippen molar-refractivity contribution in [2.75, 3.05) is 6.61 Å². The van der Waals surface area contributed by atoms with Gasteiger partial charge in [-0.3, -0.25) is 4.99 Å². The molecular formula is C8H15NO. The first-order chi connectivity index (χ1) is 4.83. The molecule has 1 N–H and O–H groups in total. The second-order valence-corrected chi connectivity index (χ2v) is 2.92. The molecule has 0 aromatic rings. The van der Waals surface area contributed by atoms with E-state index in [-0.39, 0.29) is 0 Å². The van der Waals surface area contributed by atoms with Crippen molar-refractivity contribution in [3.05, 3.63) is 0 Å². The number of rotatable bonds is 3. The van der Waals surface area contributed by atoms with Gasteiger partial charge in [0.05, 0.1) is 6.04 Å². The molecule has 0 bridgehead atoms. The number of aliphatic hydroxyl groups is 1. The summed E-state index contributed by atoms with van der Waals surface area (Å²) in [5.41, 5.74) is 1.28. The van der Waals surface area contributed by atoms with Crippen LogP contribution in [0.1, 0.15) is 32.6 Å². The SMILES string of the molecule is CC1=NC(CCCO)CC1. The smallest absolute Gasteiger partial charge is 0.0503 e.